The molecular weight excluding hydrogens is 168 g/mol. The lowest BCUT2D eigenvalue weighted by molar-refractivity contribution is -0.144. The van der Waals surface area contributed by atoms with Crippen LogP contribution < -0.4 is 0 Å². The maximum Gasteiger partial charge on any atom is 0.317 e. The summed E-state index contributed by atoms with van der Waals surface area (Å²) in [7, 11) is 0. The lowest BCUT2D eigenvalue weighted by atomic mass is 9.84. The van der Waals surface area contributed by atoms with E-state index in [-0.39, 0.29) is 0 Å². The number of carbonyl (C=O) groups is 1. The summed E-state index contributed by atoms with van der Waals surface area (Å²) in [4.78, 5) is 11.2. The fourth-order valence-corrected chi connectivity index (χ4v) is 2.10. The average Bonchev–Trinajstić information content (AvgIpc) is 2.75. The molecule has 2 rings (SSSR count). The standard InChI is InChI=1S/C10H12O3/c11-9(12)10(5-1-2-6-10)8-4-3-7-13-8/h3-4,7H,1-2,5-6H2,(H,11,12). The molecule has 1 fully saturated rings. The van der Waals surface area contributed by atoms with E-state index in [9.17, 15) is 9.90 Å². The summed E-state index contributed by atoms with van der Waals surface area (Å²) in [5.41, 5.74) is -0.733. The van der Waals surface area contributed by atoms with E-state index >= 15 is 0 Å². The average molecular weight is 180 g/mol. The van der Waals surface area contributed by atoms with Gasteiger partial charge < -0.3 is 9.52 Å². The van der Waals surface area contributed by atoms with Crippen molar-refractivity contribution in [2.75, 3.05) is 0 Å². The van der Waals surface area contributed by atoms with E-state index in [0.717, 1.165) is 12.8 Å². The van der Waals surface area contributed by atoms with Crippen molar-refractivity contribution in [3.63, 3.8) is 0 Å². The van der Waals surface area contributed by atoms with Gasteiger partial charge in [0.2, 0.25) is 0 Å². The van der Waals surface area contributed by atoms with Crippen molar-refractivity contribution >= 4 is 5.97 Å². The molecule has 0 aliphatic heterocycles. The van der Waals surface area contributed by atoms with Crippen LogP contribution in [-0.4, -0.2) is 11.1 Å². The lowest BCUT2D eigenvalue weighted by Gasteiger charge is -2.20. The van der Waals surface area contributed by atoms with Crippen LogP contribution >= 0.6 is 0 Å². The van der Waals surface area contributed by atoms with Crippen LogP contribution in [0.4, 0.5) is 0 Å². The number of hydrogen-bond acceptors (Lipinski definition) is 2. The summed E-state index contributed by atoms with van der Waals surface area (Å²) in [6.07, 6.45) is 4.91. The van der Waals surface area contributed by atoms with Crippen molar-refractivity contribution in [2.45, 2.75) is 31.1 Å². The molecule has 3 nitrogen and oxygen atoms in total. The topological polar surface area (TPSA) is 50.4 Å². The SMILES string of the molecule is O=C(O)C1(c2ccco2)CCCC1. The summed E-state index contributed by atoms with van der Waals surface area (Å²) in [6, 6.07) is 3.51. The monoisotopic (exact) mass is 180 g/mol. The highest BCUT2D eigenvalue weighted by molar-refractivity contribution is 5.80. The van der Waals surface area contributed by atoms with Gasteiger partial charge in [-0.1, -0.05) is 12.8 Å². The summed E-state index contributed by atoms with van der Waals surface area (Å²) in [5, 5.41) is 9.18. The number of rotatable bonds is 2. The van der Waals surface area contributed by atoms with Crippen molar-refractivity contribution in [3.8, 4) is 0 Å². The fraction of sp³-hybridized carbons (Fsp3) is 0.500. The predicted octanol–water partition coefficient (Wildman–Crippen LogP) is 2.18. The number of furan rings is 1. The molecule has 13 heavy (non-hydrogen) atoms. The Morgan fingerprint density at radius 3 is 2.62 bits per heavy atom. The maximum atomic E-state index is 11.2. The van der Waals surface area contributed by atoms with Crippen molar-refractivity contribution in [1.29, 1.82) is 0 Å². The second-order valence-corrected chi connectivity index (χ2v) is 3.57. The summed E-state index contributed by atoms with van der Waals surface area (Å²) in [6.45, 7) is 0. The Morgan fingerprint density at radius 1 is 1.46 bits per heavy atom. The maximum absolute atomic E-state index is 11.2. The van der Waals surface area contributed by atoms with Gasteiger partial charge >= 0.3 is 5.97 Å². The summed E-state index contributed by atoms with van der Waals surface area (Å²) >= 11 is 0. The Morgan fingerprint density at radius 2 is 2.15 bits per heavy atom. The van der Waals surface area contributed by atoms with Crippen LogP contribution in [-0.2, 0) is 10.2 Å². The molecule has 0 bridgehead atoms. The molecule has 1 aromatic rings. The van der Waals surface area contributed by atoms with Gasteiger partial charge in [-0.2, -0.15) is 0 Å². The second kappa shape index (κ2) is 2.91. The zero-order chi connectivity index (χ0) is 9.31. The van der Waals surface area contributed by atoms with Crippen LogP contribution in [0.15, 0.2) is 22.8 Å². The van der Waals surface area contributed by atoms with Crippen LogP contribution in [0.25, 0.3) is 0 Å². The number of carboxylic acids is 1. The van der Waals surface area contributed by atoms with E-state index < -0.39 is 11.4 Å². The zero-order valence-corrected chi connectivity index (χ0v) is 7.32. The van der Waals surface area contributed by atoms with E-state index in [1.807, 2.05) is 0 Å². The molecule has 1 saturated carbocycles. The fourth-order valence-electron chi connectivity index (χ4n) is 2.10. The number of hydrogen-bond donors (Lipinski definition) is 1. The third kappa shape index (κ3) is 1.15. The lowest BCUT2D eigenvalue weighted by Crippen LogP contribution is -2.31. The first-order chi connectivity index (χ1) is 6.26. The minimum absolute atomic E-state index is 0.609. The number of aliphatic carboxylic acids is 1. The molecule has 70 valence electrons. The summed E-state index contributed by atoms with van der Waals surface area (Å²) < 4.78 is 5.20. The molecule has 0 saturated heterocycles. The van der Waals surface area contributed by atoms with Crippen LogP contribution in [0.3, 0.4) is 0 Å². The molecule has 3 heteroatoms. The first-order valence-electron chi connectivity index (χ1n) is 4.53. The van der Waals surface area contributed by atoms with E-state index in [1.165, 1.54) is 0 Å². The van der Waals surface area contributed by atoms with Gasteiger partial charge in [0.15, 0.2) is 0 Å². The van der Waals surface area contributed by atoms with Crippen LogP contribution in [0.1, 0.15) is 31.4 Å². The molecule has 1 aliphatic rings. The molecule has 0 atom stereocenters. The predicted molar refractivity (Wildman–Crippen MR) is 46.5 cm³/mol. The minimum atomic E-state index is -0.750. The quantitative estimate of drug-likeness (QED) is 0.758. The van der Waals surface area contributed by atoms with Gasteiger partial charge in [-0.15, -0.1) is 0 Å². The molecule has 0 radical (unpaired) electrons. The van der Waals surface area contributed by atoms with Crippen molar-refractivity contribution in [2.24, 2.45) is 0 Å². The van der Waals surface area contributed by atoms with Crippen molar-refractivity contribution < 1.29 is 14.3 Å². The Hall–Kier alpha value is -1.25. The highest BCUT2D eigenvalue weighted by Crippen LogP contribution is 2.41. The number of carboxylic acid groups (broad SMARTS) is 1. The van der Waals surface area contributed by atoms with Gasteiger partial charge in [0.25, 0.3) is 0 Å². The molecule has 1 N–H and O–H groups in total. The molecule has 0 aromatic carbocycles. The first kappa shape index (κ1) is 8.35. The van der Waals surface area contributed by atoms with Gasteiger partial charge in [0, 0.05) is 0 Å². The smallest absolute Gasteiger partial charge is 0.317 e. The third-order valence-corrected chi connectivity index (χ3v) is 2.86. The molecule has 0 amide bonds. The highest BCUT2D eigenvalue weighted by atomic mass is 16.4. The highest BCUT2D eigenvalue weighted by Gasteiger charge is 2.45. The van der Waals surface area contributed by atoms with E-state index in [4.69, 9.17) is 4.42 Å². The van der Waals surface area contributed by atoms with Gasteiger partial charge in [0.05, 0.1) is 6.26 Å². The van der Waals surface area contributed by atoms with Crippen molar-refractivity contribution in [1.82, 2.24) is 0 Å². The molecule has 0 spiro atoms. The van der Waals surface area contributed by atoms with E-state index in [0.29, 0.717) is 18.6 Å². The van der Waals surface area contributed by atoms with Crippen LogP contribution in [0, 0.1) is 0 Å². The minimum Gasteiger partial charge on any atom is -0.480 e. The van der Waals surface area contributed by atoms with Gasteiger partial charge in [0.1, 0.15) is 11.2 Å². The Bertz CT molecular complexity index is 294. The second-order valence-electron chi connectivity index (χ2n) is 3.57. The van der Waals surface area contributed by atoms with E-state index in [1.54, 1.807) is 18.4 Å². The Kier molecular flexibility index (Phi) is 1.87. The van der Waals surface area contributed by atoms with Crippen LogP contribution in [0.2, 0.25) is 0 Å². The molecule has 1 heterocycles. The largest absolute Gasteiger partial charge is 0.480 e. The van der Waals surface area contributed by atoms with Gasteiger partial charge in [-0.05, 0) is 25.0 Å². The van der Waals surface area contributed by atoms with Crippen molar-refractivity contribution in [3.05, 3.63) is 24.2 Å². The first-order valence-corrected chi connectivity index (χ1v) is 4.53. The molecule has 1 aromatic heterocycles. The Labute approximate surface area is 76.4 Å². The summed E-state index contributed by atoms with van der Waals surface area (Å²) in [5.74, 6) is -0.141. The zero-order valence-electron chi connectivity index (χ0n) is 7.32. The molecular formula is C10H12O3. The van der Waals surface area contributed by atoms with Gasteiger partial charge in [-0.3, -0.25) is 4.79 Å². The normalized spacial score (nSPS) is 20.3. The third-order valence-electron chi connectivity index (χ3n) is 2.86. The Balaban J connectivity index is 2.39. The van der Waals surface area contributed by atoms with Gasteiger partial charge in [-0.25, -0.2) is 0 Å². The molecule has 1 aliphatic carbocycles. The molecule has 0 unspecified atom stereocenters. The van der Waals surface area contributed by atoms with Crippen LogP contribution in [0.5, 0.6) is 0 Å². The van der Waals surface area contributed by atoms with E-state index in [2.05, 4.69) is 0 Å².